The second-order valence-corrected chi connectivity index (χ2v) is 6.64. The van der Waals surface area contributed by atoms with Crippen LogP contribution < -0.4 is 5.32 Å². The molecule has 0 radical (unpaired) electrons. The third kappa shape index (κ3) is 1.74. The summed E-state index contributed by atoms with van der Waals surface area (Å²) in [5.41, 5.74) is 3.46. The lowest BCUT2D eigenvalue weighted by atomic mass is 9.84. The highest BCUT2D eigenvalue weighted by molar-refractivity contribution is 7.07. The van der Waals surface area contributed by atoms with E-state index in [-0.39, 0.29) is 5.54 Å². The Bertz CT molecular complexity index is 387. The number of thiazole rings is 1. The highest BCUT2D eigenvalue weighted by Gasteiger charge is 2.51. The van der Waals surface area contributed by atoms with Crippen LogP contribution in [0.4, 0.5) is 0 Å². The van der Waals surface area contributed by atoms with Gasteiger partial charge in [0.25, 0.3) is 0 Å². The summed E-state index contributed by atoms with van der Waals surface area (Å²) in [4.78, 5) is 7.13. The van der Waals surface area contributed by atoms with Gasteiger partial charge in [0.15, 0.2) is 0 Å². The van der Waals surface area contributed by atoms with Crippen molar-refractivity contribution in [3.8, 4) is 0 Å². The molecule has 17 heavy (non-hydrogen) atoms. The molecule has 4 heteroatoms. The van der Waals surface area contributed by atoms with E-state index < -0.39 is 0 Å². The Labute approximate surface area is 107 Å². The first-order valence-corrected chi connectivity index (χ1v) is 7.40. The van der Waals surface area contributed by atoms with Gasteiger partial charge in [-0.3, -0.25) is 4.90 Å². The van der Waals surface area contributed by atoms with Crippen molar-refractivity contribution in [2.24, 2.45) is 11.8 Å². The van der Waals surface area contributed by atoms with Crippen molar-refractivity contribution >= 4 is 11.3 Å². The number of rotatable bonds is 2. The average molecular weight is 251 g/mol. The van der Waals surface area contributed by atoms with Gasteiger partial charge in [-0.25, -0.2) is 4.98 Å². The van der Waals surface area contributed by atoms with Gasteiger partial charge in [0.05, 0.1) is 17.2 Å². The molecule has 1 aromatic rings. The number of aromatic nitrogens is 1. The van der Waals surface area contributed by atoms with Gasteiger partial charge in [0.2, 0.25) is 0 Å². The first-order valence-electron chi connectivity index (χ1n) is 6.46. The number of nitrogens with one attached hydrogen (secondary N) is 1. The van der Waals surface area contributed by atoms with Gasteiger partial charge in [-0.05, 0) is 39.2 Å². The summed E-state index contributed by atoms with van der Waals surface area (Å²) in [5.74, 6) is 1.62. The Balaban J connectivity index is 1.85. The van der Waals surface area contributed by atoms with Crippen LogP contribution in [0.2, 0.25) is 0 Å². The molecule has 2 aliphatic heterocycles. The molecule has 3 heterocycles. The minimum absolute atomic E-state index is 0.289. The summed E-state index contributed by atoms with van der Waals surface area (Å²) in [5, 5.41) is 5.72. The van der Waals surface area contributed by atoms with Crippen molar-refractivity contribution in [3.63, 3.8) is 0 Å². The van der Waals surface area contributed by atoms with Gasteiger partial charge < -0.3 is 5.32 Å². The van der Waals surface area contributed by atoms with E-state index in [4.69, 9.17) is 0 Å². The highest BCUT2D eigenvalue weighted by Crippen LogP contribution is 2.44. The summed E-state index contributed by atoms with van der Waals surface area (Å²) >= 11 is 1.70. The molecule has 3 unspecified atom stereocenters. The van der Waals surface area contributed by atoms with Crippen LogP contribution in [0.1, 0.15) is 32.5 Å². The largest absolute Gasteiger partial charge is 0.316 e. The lowest BCUT2D eigenvalue weighted by Gasteiger charge is -2.39. The molecular formula is C13H21N3S. The van der Waals surface area contributed by atoms with Crippen molar-refractivity contribution in [2.45, 2.75) is 32.4 Å². The van der Waals surface area contributed by atoms with Crippen LogP contribution in [0.3, 0.4) is 0 Å². The minimum atomic E-state index is 0.289. The highest BCUT2D eigenvalue weighted by atomic mass is 32.1. The van der Waals surface area contributed by atoms with Gasteiger partial charge in [-0.1, -0.05) is 0 Å². The molecule has 2 fully saturated rings. The monoisotopic (exact) mass is 251 g/mol. The normalized spacial score (nSPS) is 33.8. The van der Waals surface area contributed by atoms with E-state index in [1.165, 1.54) is 25.3 Å². The van der Waals surface area contributed by atoms with Crippen LogP contribution in [-0.2, 0) is 0 Å². The molecule has 3 nitrogen and oxygen atoms in total. The zero-order valence-electron chi connectivity index (χ0n) is 10.8. The van der Waals surface area contributed by atoms with Crippen LogP contribution in [-0.4, -0.2) is 35.1 Å². The second kappa shape index (κ2) is 4.04. The lowest BCUT2D eigenvalue weighted by Crippen LogP contribution is -2.45. The van der Waals surface area contributed by atoms with E-state index >= 15 is 0 Å². The van der Waals surface area contributed by atoms with Gasteiger partial charge in [-0.2, -0.15) is 0 Å². The molecule has 0 saturated carbocycles. The number of likely N-dealkylation sites (tertiary alicyclic amines) is 1. The molecule has 1 N–H and O–H groups in total. The van der Waals surface area contributed by atoms with Gasteiger partial charge in [0, 0.05) is 24.0 Å². The maximum Gasteiger partial charge on any atom is 0.0795 e. The fourth-order valence-corrected chi connectivity index (χ4v) is 4.34. The molecule has 2 saturated heterocycles. The molecule has 2 aliphatic rings. The van der Waals surface area contributed by atoms with Gasteiger partial charge >= 0.3 is 0 Å². The third-order valence-electron chi connectivity index (χ3n) is 4.77. The molecule has 3 atom stereocenters. The van der Waals surface area contributed by atoms with Crippen LogP contribution in [0, 0.1) is 11.8 Å². The summed E-state index contributed by atoms with van der Waals surface area (Å²) in [7, 11) is 0. The molecule has 3 rings (SSSR count). The van der Waals surface area contributed by atoms with E-state index in [9.17, 15) is 0 Å². The van der Waals surface area contributed by atoms with Crippen molar-refractivity contribution in [1.29, 1.82) is 0 Å². The maximum absolute atomic E-state index is 4.48. The topological polar surface area (TPSA) is 28.2 Å². The number of hydrogen-bond donors (Lipinski definition) is 1. The third-order valence-corrected chi connectivity index (χ3v) is 5.37. The fourth-order valence-electron chi connectivity index (χ4n) is 3.70. The second-order valence-electron chi connectivity index (χ2n) is 5.92. The molecule has 0 bridgehead atoms. The minimum Gasteiger partial charge on any atom is -0.316 e. The zero-order valence-corrected chi connectivity index (χ0v) is 11.6. The maximum atomic E-state index is 4.48. The summed E-state index contributed by atoms with van der Waals surface area (Å²) < 4.78 is 0. The fraction of sp³-hybridized carbons (Fsp3) is 0.769. The van der Waals surface area contributed by atoms with Crippen LogP contribution >= 0.6 is 11.3 Å². The smallest absolute Gasteiger partial charge is 0.0795 e. The molecule has 0 aliphatic carbocycles. The first-order chi connectivity index (χ1) is 8.10. The zero-order chi connectivity index (χ0) is 12.0. The molecule has 0 amide bonds. The summed E-state index contributed by atoms with van der Waals surface area (Å²) in [6, 6.07) is 0.446. The quantitative estimate of drug-likeness (QED) is 0.873. The van der Waals surface area contributed by atoms with E-state index in [0.29, 0.717) is 6.04 Å². The van der Waals surface area contributed by atoms with E-state index in [1.54, 1.807) is 11.3 Å². The summed E-state index contributed by atoms with van der Waals surface area (Å²) in [6.45, 7) is 10.7. The number of fused-ring (bicyclic) bond motifs is 1. The van der Waals surface area contributed by atoms with E-state index in [1.807, 2.05) is 5.51 Å². The van der Waals surface area contributed by atoms with E-state index in [2.05, 4.69) is 41.4 Å². The number of nitrogens with zero attached hydrogens (tertiary/aromatic N) is 2. The number of hydrogen-bond acceptors (Lipinski definition) is 4. The molecule has 94 valence electrons. The predicted molar refractivity (Wildman–Crippen MR) is 71.2 cm³/mol. The van der Waals surface area contributed by atoms with Crippen LogP contribution in [0.25, 0.3) is 0 Å². The summed E-state index contributed by atoms with van der Waals surface area (Å²) in [6.07, 6.45) is 0. The SMILES string of the molecule is CC(c1cscn1)N1CC2CNCC2C1(C)C. The molecular weight excluding hydrogens is 230 g/mol. The first kappa shape index (κ1) is 11.6. The van der Waals surface area contributed by atoms with Gasteiger partial charge in [-0.15, -0.1) is 11.3 Å². The predicted octanol–water partition coefficient (Wildman–Crippen LogP) is 2.13. The van der Waals surface area contributed by atoms with Crippen molar-refractivity contribution in [3.05, 3.63) is 16.6 Å². The molecule has 0 aromatic carbocycles. The van der Waals surface area contributed by atoms with Crippen molar-refractivity contribution in [1.82, 2.24) is 15.2 Å². The molecule has 1 aromatic heterocycles. The lowest BCUT2D eigenvalue weighted by molar-refractivity contribution is 0.0953. The average Bonchev–Trinajstić information content (AvgIpc) is 2.97. The molecule has 0 spiro atoms. The Morgan fingerprint density at radius 3 is 3.00 bits per heavy atom. The van der Waals surface area contributed by atoms with Crippen LogP contribution in [0.5, 0.6) is 0 Å². The van der Waals surface area contributed by atoms with E-state index in [0.717, 1.165) is 11.8 Å². The van der Waals surface area contributed by atoms with Crippen molar-refractivity contribution in [2.75, 3.05) is 19.6 Å². The Hall–Kier alpha value is -0.450. The standard InChI is InChI=1S/C13H21N3S/c1-9(12-7-17-8-15-12)16-6-10-4-14-5-11(10)13(16,2)3/h7-11,14H,4-6H2,1-3H3. The Morgan fingerprint density at radius 2 is 2.35 bits per heavy atom. The Kier molecular flexibility index (Phi) is 2.76. The van der Waals surface area contributed by atoms with Gasteiger partial charge in [0.1, 0.15) is 0 Å². The Morgan fingerprint density at radius 1 is 1.53 bits per heavy atom. The van der Waals surface area contributed by atoms with Crippen LogP contribution in [0.15, 0.2) is 10.9 Å². The van der Waals surface area contributed by atoms with Crippen molar-refractivity contribution < 1.29 is 0 Å².